The van der Waals surface area contributed by atoms with Gasteiger partial charge in [-0.2, -0.15) is 0 Å². The van der Waals surface area contributed by atoms with Crippen molar-refractivity contribution in [3.8, 4) is 11.5 Å². The fourth-order valence-corrected chi connectivity index (χ4v) is 4.31. The molecule has 1 saturated heterocycles. The minimum absolute atomic E-state index is 0.0318. The quantitative estimate of drug-likeness (QED) is 0.319. The van der Waals surface area contributed by atoms with Crippen molar-refractivity contribution < 1.29 is 29.1 Å². The molecular weight excluding hydrogens is 444 g/mol. The highest BCUT2D eigenvalue weighted by molar-refractivity contribution is 6.46. The summed E-state index contributed by atoms with van der Waals surface area (Å²) in [6.07, 6.45) is 0.704. The summed E-state index contributed by atoms with van der Waals surface area (Å²) in [6, 6.07) is 11.6. The van der Waals surface area contributed by atoms with Crippen LogP contribution >= 0.6 is 0 Å². The third-order valence-electron chi connectivity index (χ3n) is 6.06. The fraction of sp³-hybridized carbons (Fsp3) is 0.429. The Labute approximate surface area is 207 Å². The highest BCUT2D eigenvalue weighted by Gasteiger charge is 2.45. The Morgan fingerprint density at radius 2 is 1.86 bits per heavy atom. The minimum Gasteiger partial charge on any atom is -0.872 e. The van der Waals surface area contributed by atoms with Gasteiger partial charge in [-0.15, -0.1) is 0 Å². The van der Waals surface area contributed by atoms with Gasteiger partial charge in [0.2, 0.25) is 5.78 Å². The van der Waals surface area contributed by atoms with Gasteiger partial charge in [-0.3, -0.25) is 9.59 Å². The fourth-order valence-electron chi connectivity index (χ4n) is 4.31. The zero-order valence-corrected chi connectivity index (χ0v) is 21.5. The lowest BCUT2D eigenvalue weighted by Gasteiger charge is -2.29. The average Bonchev–Trinajstić information content (AvgIpc) is 3.07. The van der Waals surface area contributed by atoms with Crippen molar-refractivity contribution in [1.82, 2.24) is 4.90 Å². The number of quaternary nitrogens is 1. The molecule has 0 aliphatic carbocycles. The molecular formula is C28H36N2O5. The molecule has 1 unspecified atom stereocenters. The maximum absolute atomic E-state index is 13.8. The molecule has 2 aromatic rings. The molecule has 0 spiro atoms. The number of Topliss-reactive ketones (excluding diaryl/α,β-unsaturated/α-hetero) is 1. The first-order chi connectivity index (χ1) is 16.6. The number of methoxy groups -OCH3 is 1. The second-order valence-electron chi connectivity index (χ2n) is 9.71. The van der Waals surface area contributed by atoms with Gasteiger partial charge in [-0.1, -0.05) is 43.9 Å². The molecule has 1 amide bonds. The number of benzene rings is 2. The van der Waals surface area contributed by atoms with Crippen LogP contribution in [0.1, 0.15) is 43.0 Å². The maximum Gasteiger partial charge on any atom is 0.295 e. The van der Waals surface area contributed by atoms with Crippen LogP contribution in [0.3, 0.4) is 0 Å². The Hall–Kier alpha value is -3.32. The van der Waals surface area contributed by atoms with Gasteiger partial charge < -0.3 is 24.4 Å². The summed E-state index contributed by atoms with van der Waals surface area (Å²) in [5.74, 6) is -0.262. The van der Waals surface area contributed by atoms with E-state index >= 15 is 0 Å². The second kappa shape index (κ2) is 11.4. The standard InChI is InChI=1S/C28H36N2O5/c1-18(2)17-35-20-12-13-21(19(3)16-20)26(31)24-25(22-10-7-8-11-23(22)34-6)30(28(33)27(24)32)15-9-14-29(4)5/h7-8,10-13,16,18,25,31H,9,14-15,17H2,1-6H3/b26-24+. The number of ketones is 1. The second-order valence-corrected chi connectivity index (χ2v) is 9.71. The highest BCUT2D eigenvalue weighted by Crippen LogP contribution is 2.42. The van der Waals surface area contributed by atoms with Gasteiger partial charge >= 0.3 is 0 Å². The predicted molar refractivity (Wildman–Crippen MR) is 133 cm³/mol. The Morgan fingerprint density at radius 1 is 1.14 bits per heavy atom. The molecule has 1 fully saturated rings. The molecule has 7 heteroatoms. The number of hydrogen-bond acceptors (Lipinski definition) is 5. The summed E-state index contributed by atoms with van der Waals surface area (Å²) in [5, 5.41) is 13.8. The molecule has 1 heterocycles. The van der Waals surface area contributed by atoms with E-state index in [0.717, 1.165) is 6.54 Å². The van der Waals surface area contributed by atoms with Crippen LogP contribution in [-0.2, 0) is 9.59 Å². The monoisotopic (exact) mass is 480 g/mol. The molecule has 0 aromatic heterocycles. The summed E-state index contributed by atoms with van der Waals surface area (Å²) in [6.45, 7) is 7.71. The summed E-state index contributed by atoms with van der Waals surface area (Å²) in [7, 11) is 5.61. The number of para-hydroxylation sites is 1. The Kier molecular flexibility index (Phi) is 8.57. The van der Waals surface area contributed by atoms with Crippen LogP contribution in [0.5, 0.6) is 11.5 Å². The Morgan fingerprint density at radius 3 is 2.49 bits per heavy atom. The molecule has 3 rings (SSSR count). The smallest absolute Gasteiger partial charge is 0.295 e. The third kappa shape index (κ3) is 5.85. The van der Waals surface area contributed by atoms with Gasteiger partial charge in [0.1, 0.15) is 11.5 Å². The predicted octanol–water partition coefficient (Wildman–Crippen LogP) is 1.80. The number of hydrogen-bond donors (Lipinski definition) is 1. The van der Waals surface area contributed by atoms with Gasteiger partial charge in [0.25, 0.3) is 5.91 Å². The largest absolute Gasteiger partial charge is 0.872 e. The molecule has 7 nitrogen and oxygen atoms in total. The van der Waals surface area contributed by atoms with Gasteiger partial charge in [0.15, 0.2) is 0 Å². The lowest BCUT2D eigenvalue weighted by atomic mass is 9.93. The average molecular weight is 481 g/mol. The summed E-state index contributed by atoms with van der Waals surface area (Å²) in [5.41, 5.74) is 1.68. The van der Waals surface area contributed by atoms with E-state index in [0.29, 0.717) is 53.7 Å². The lowest BCUT2D eigenvalue weighted by Crippen LogP contribution is -3.05. The van der Waals surface area contributed by atoms with Crippen LogP contribution in [0.4, 0.5) is 0 Å². The number of carbonyl (C=O) groups excluding carboxylic acids is 2. The van der Waals surface area contributed by atoms with E-state index in [4.69, 9.17) is 9.47 Å². The summed E-state index contributed by atoms with van der Waals surface area (Å²) in [4.78, 5) is 29.1. The van der Waals surface area contributed by atoms with Crippen LogP contribution in [0.25, 0.3) is 5.76 Å². The van der Waals surface area contributed by atoms with Crippen LogP contribution < -0.4 is 19.5 Å². The zero-order valence-electron chi connectivity index (χ0n) is 21.5. The van der Waals surface area contributed by atoms with E-state index in [1.54, 1.807) is 31.4 Å². The minimum atomic E-state index is -0.799. The van der Waals surface area contributed by atoms with Crippen molar-refractivity contribution in [2.24, 2.45) is 5.92 Å². The van der Waals surface area contributed by atoms with Crippen LogP contribution in [0.2, 0.25) is 0 Å². The SMILES string of the molecule is COc1ccccc1C1/C(=C(\[O-])c2ccc(OCC(C)C)cc2C)C(=O)C(=O)N1CCC[NH+](C)C. The van der Waals surface area contributed by atoms with E-state index in [2.05, 4.69) is 13.8 Å². The topological polar surface area (TPSA) is 83.3 Å². The van der Waals surface area contributed by atoms with Crippen LogP contribution in [0.15, 0.2) is 48.0 Å². The van der Waals surface area contributed by atoms with Crippen molar-refractivity contribution in [1.29, 1.82) is 0 Å². The summed E-state index contributed by atoms with van der Waals surface area (Å²) >= 11 is 0. The van der Waals surface area contributed by atoms with E-state index in [9.17, 15) is 14.7 Å². The highest BCUT2D eigenvalue weighted by atomic mass is 16.5. The van der Waals surface area contributed by atoms with E-state index < -0.39 is 23.5 Å². The summed E-state index contributed by atoms with van der Waals surface area (Å²) < 4.78 is 11.3. The van der Waals surface area contributed by atoms with Crippen molar-refractivity contribution >= 4 is 17.4 Å². The zero-order chi connectivity index (χ0) is 25.7. The molecule has 1 aliphatic heterocycles. The van der Waals surface area contributed by atoms with Crippen molar-refractivity contribution in [2.75, 3.05) is 40.9 Å². The van der Waals surface area contributed by atoms with Gasteiger partial charge in [0, 0.05) is 24.1 Å². The molecule has 0 saturated carbocycles. The van der Waals surface area contributed by atoms with Crippen LogP contribution in [-0.4, -0.2) is 57.5 Å². The number of carbonyl (C=O) groups is 2. The van der Waals surface area contributed by atoms with Crippen molar-refractivity contribution in [3.05, 3.63) is 64.7 Å². The van der Waals surface area contributed by atoms with Crippen molar-refractivity contribution in [3.63, 3.8) is 0 Å². The van der Waals surface area contributed by atoms with Crippen LogP contribution in [0, 0.1) is 12.8 Å². The third-order valence-corrected chi connectivity index (χ3v) is 6.06. The first-order valence-electron chi connectivity index (χ1n) is 12.1. The Bertz CT molecular complexity index is 1110. The van der Waals surface area contributed by atoms with Gasteiger partial charge in [-0.05, 0) is 42.2 Å². The first kappa shape index (κ1) is 26.3. The number of likely N-dealkylation sites (tertiary alicyclic amines) is 1. The molecule has 0 radical (unpaired) electrons. The number of aryl methyl sites for hydroxylation is 1. The lowest BCUT2D eigenvalue weighted by molar-refractivity contribution is -0.858. The molecule has 1 atom stereocenters. The van der Waals surface area contributed by atoms with Gasteiger partial charge in [-0.25, -0.2) is 0 Å². The Balaban J connectivity index is 2.09. The number of nitrogens with zero attached hydrogens (tertiary/aromatic N) is 1. The normalized spacial score (nSPS) is 17.5. The molecule has 188 valence electrons. The van der Waals surface area contributed by atoms with Crippen molar-refractivity contribution in [2.45, 2.75) is 33.2 Å². The molecule has 1 N–H and O–H groups in total. The molecule has 2 aromatic carbocycles. The first-order valence-corrected chi connectivity index (χ1v) is 12.1. The number of rotatable bonds is 10. The maximum atomic E-state index is 13.8. The number of ether oxygens (including phenoxy) is 2. The molecule has 0 bridgehead atoms. The molecule has 35 heavy (non-hydrogen) atoms. The number of amides is 1. The number of nitrogens with one attached hydrogen (secondary N) is 1. The molecule has 1 aliphatic rings. The van der Waals surface area contributed by atoms with E-state index in [-0.39, 0.29) is 5.57 Å². The van der Waals surface area contributed by atoms with E-state index in [1.807, 2.05) is 39.2 Å². The van der Waals surface area contributed by atoms with E-state index in [1.165, 1.54) is 9.80 Å². The van der Waals surface area contributed by atoms with Gasteiger partial charge in [0.05, 0.1) is 40.4 Å².